The summed E-state index contributed by atoms with van der Waals surface area (Å²) in [6, 6.07) is 6.45. The van der Waals surface area contributed by atoms with E-state index in [1.807, 2.05) is 13.0 Å². The van der Waals surface area contributed by atoms with Gasteiger partial charge in [-0.1, -0.05) is 32.9 Å². The van der Waals surface area contributed by atoms with E-state index in [0.717, 1.165) is 37.6 Å². The van der Waals surface area contributed by atoms with Gasteiger partial charge in [-0.05, 0) is 35.6 Å². The van der Waals surface area contributed by atoms with Crippen LogP contribution in [0.25, 0.3) is 6.08 Å². The lowest BCUT2D eigenvalue weighted by molar-refractivity contribution is -0.137. The zero-order valence-corrected chi connectivity index (χ0v) is 14.6. The molecule has 2 rings (SSSR count). The predicted octanol–water partition coefficient (Wildman–Crippen LogP) is 3.40. The molecule has 0 N–H and O–H groups in total. The lowest BCUT2D eigenvalue weighted by Crippen LogP contribution is -2.36. The van der Waals surface area contributed by atoms with Crippen LogP contribution >= 0.6 is 0 Å². The van der Waals surface area contributed by atoms with Crippen LogP contribution in [0, 0.1) is 0 Å². The van der Waals surface area contributed by atoms with Gasteiger partial charge in [0.2, 0.25) is 0 Å². The summed E-state index contributed by atoms with van der Waals surface area (Å²) in [6.45, 7) is 12.0. The third-order valence-electron chi connectivity index (χ3n) is 3.93. The van der Waals surface area contributed by atoms with Gasteiger partial charge in [0.1, 0.15) is 0 Å². The van der Waals surface area contributed by atoms with Gasteiger partial charge in [0.15, 0.2) is 0 Å². The molecule has 1 fully saturated rings. The van der Waals surface area contributed by atoms with E-state index in [4.69, 9.17) is 9.47 Å². The van der Waals surface area contributed by atoms with Gasteiger partial charge in [0.05, 0.1) is 19.8 Å². The molecule has 0 aliphatic carbocycles. The topological polar surface area (TPSA) is 38.8 Å². The molecule has 1 aliphatic heterocycles. The molecule has 0 amide bonds. The van der Waals surface area contributed by atoms with Crippen molar-refractivity contribution in [3.63, 3.8) is 0 Å². The normalized spacial score (nSPS) is 15.9. The first-order valence-corrected chi connectivity index (χ1v) is 8.24. The average molecular weight is 317 g/mol. The second-order valence-corrected chi connectivity index (χ2v) is 6.71. The van der Waals surface area contributed by atoms with Gasteiger partial charge in [-0.2, -0.15) is 0 Å². The Labute approximate surface area is 139 Å². The van der Waals surface area contributed by atoms with Crippen molar-refractivity contribution in [3.05, 3.63) is 35.4 Å². The molecule has 0 saturated carbocycles. The van der Waals surface area contributed by atoms with Crippen LogP contribution in [0.1, 0.15) is 38.8 Å². The molecule has 1 heterocycles. The molecule has 0 atom stereocenters. The lowest BCUT2D eigenvalue weighted by Gasteiger charge is -2.32. The van der Waals surface area contributed by atoms with E-state index in [0.29, 0.717) is 6.61 Å². The number of ether oxygens (including phenoxy) is 2. The smallest absolute Gasteiger partial charge is 0.330 e. The lowest BCUT2D eigenvalue weighted by atomic mass is 9.86. The molecule has 126 valence electrons. The molecule has 1 saturated heterocycles. The number of nitrogens with zero attached hydrogens (tertiary/aromatic N) is 1. The van der Waals surface area contributed by atoms with Crippen molar-refractivity contribution in [2.45, 2.75) is 33.1 Å². The summed E-state index contributed by atoms with van der Waals surface area (Å²) in [5.74, 6) is -0.305. The summed E-state index contributed by atoms with van der Waals surface area (Å²) in [5.41, 5.74) is 3.56. The summed E-state index contributed by atoms with van der Waals surface area (Å²) >= 11 is 0. The number of carbonyl (C=O) groups is 1. The Morgan fingerprint density at radius 3 is 2.61 bits per heavy atom. The zero-order valence-electron chi connectivity index (χ0n) is 14.6. The molecule has 1 aliphatic rings. The average Bonchev–Trinajstić information content (AvgIpc) is 2.53. The van der Waals surface area contributed by atoms with Gasteiger partial charge in [-0.3, -0.25) is 0 Å². The Balaban J connectivity index is 2.34. The number of anilines is 1. The zero-order chi connectivity index (χ0) is 16.9. The Kier molecular flexibility index (Phi) is 5.83. The van der Waals surface area contributed by atoms with Crippen LogP contribution in [0.4, 0.5) is 5.69 Å². The van der Waals surface area contributed by atoms with E-state index in [-0.39, 0.29) is 11.4 Å². The van der Waals surface area contributed by atoms with Gasteiger partial charge >= 0.3 is 5.97 Å². The molecule has 1 aromatic carbocycles. The van der Waals surface area contributed by atoms with Crippen molar-refractivity contribution >= 4 is 17.7 Å². The number of benzene rings is 1. The van der Waals surface area contributed by atoms with Crippen LogP contribution in [-0.4, -0.2) is 38.9 Å². The number of morpholine rings is 1. The fraction of sp³-hybridized carbons (Fsp3) is 0.526. The van der Waals surface area contributed by atoms with Gasteiger partial charge < -0.3 is 14.4 Å². The van der Waals surface area contributed by atoms with Crippen LogP contribution in [0.15, 0.2) is 24.3 Å². The second-order valence-electron chi connectivity index (χ2n) is 6.71. The fourth-order valence-corrected chi connectivity index (χ4v) is 2.58. The molecule has 0 unspecified atom stereocenters. The van der Waals surface area contributed by atoms with Crippen molar-refractivity contribution in [2.24, 2.45) is 0 Å². The van der Waals surface area contributed by atoms with Crippen LogP contribution in [0.2, 0.25) is 0 Å². The standard InChI is InChI=1S/C19H27NO3/c1-5-23-18(21)9-7-15-6-8-16(19(2,3)4)14-17(15)20-10-12-22-13-11-20/h6-9,14H,5,10-13H2,1-4H3. The highest BCUT2D eigenvalue weighted by atomic mass is 16.5. The summed E-state index contributed by atoms with van der Waals surface area (Å²) in [7, 11) is 0. The van der Waals surface area contributed by atoms with Crippen LogP contribution in [0.3, 0.4) is 0 Å². The highest BCUT2D eigenvalue weighted by molar-refractivity contribution is 5.88. The predicted molar refractivity (Wildman–Crippen MR) is 93.8 cm³/mol. The van der Waals surface area contributed by atoms with E-state index in [1.165, 1.54) is 11.6 Å². The first kappa shape index (κ1) is 17.5. The molecule has 0 radical (unpaired) electrons. The highest BCUT2D eigenvalue weighted by Crippen LogP contribution is 2.30. The minimum atomic E-state index is -0.305. The molecule has 0 spiro atoms. The van der Waals surface area contributed by atoms with Crippen molar-refractivity contribution in [1.82, 2.24) is 0 Å². The molecule has 0 aromatic heterocycles. The maximum Gasteiger partial charge on any atom is 0.330 e. The molecular formula is C19H27NO3. The summed E-state index contributed by atoms with van der Waals surface area (Å²) in [6.07, 6.45) is 3.34. The Morgan fingerprint density at radius 2 is 2.00 bits per heavy atom. The minimum absolute atomic E-state index is 0.0877. The van der Waals surface area contributed by atoms with Crippen molar-refractivity contribution in [2.75, 3.05) is 37.8 Å². The summed E-state index contributed by atoms with van der Waals surface area (Å²) < 4.78 is 10.4. The summed E-state index contributed by atoms with van der Waals surface area (Å²) in [5, 5.41) is 0. The Bertz CT molecular complexity index is 566. The maximum absolute atomic E-state index is 11.6. The third-order valence-corrected chi connectivity index (χ3v) is 3.93. The Morgan fingerprint density at radius 1 is 1.30 bits per heavy atom. The molecule has 0 bridgehead atoms. The first-order valence-electron chi connectivity index (χ1n) is 8.24. The van der Waals surface area contributed by atoms with Crippen molar-refractivity contribution < 1.29 is 14.3 Å². The van der Waals surface area contributed by atoms with Crippen LogP contribution in [0.5, 0.6) is 0 Å². The van der Waals surface area contributed by atoms with Gasteiger partial charge in [0.25, 0.3) is 0 Å². The highest BCUT2D eigenvalue weighted by Gasteiger charge is 2.19. The van der Waals surface area contributed by atoms with Crippen LogP contribution in [-0.2, 0) is 19.7 Å². The maximum atomic E-state index is 11.6. The van der Waals surface area contributed by atoms with Gasteiger partial charge in [-0.15, -0.1) is 0 Å². The Hall–Kier alpha value is -1.81. The number of hydrogen-bond donors (Lipinski definition) is 0. The van der Waals surface area contributed by atoms with E-state index in [9.17, 15) is 4.79 Å². The molecule has 23 heavy (non-hydrogen) atoms. The third kappa shape index (κ3) is 4.83. The number of rotatable bonds is 4. The SMILES string of the molecule is CCOC(=O)C=Cc1ccc(C(C)(C)C)cc1N1CCOCC1. The largest absolute Gasteiger partial charge is 0.463 e. The number of carbonyl (C=O) groups excluding carboxylic acids is 1. The molecule has 4 heteroatoms. The fourth-order valence-electron chi connectivity index (χ4n) is 2.58. The van der Waals surface area contributed by atoms with E-state index in [1.54, 1.807) is 0 Å². The quantitative estimate of drug-likeness (QED) is 0.630. The van der Waals surface area contributed by atoms with Gasteiger partial charge in [-0.25, -0.2) is 4.79 Å². The monoisotopic (exact) mass is 317 g/mol. The van der Waals surface area contributed by atoms with Gasteiger partial charge in [0, 0.05) is 24.9 Å². The van der Waals surface area contributed by atoms with E-state index >= 15 is 0 Å². The molecule has 1 aromatic rings. The first-order chi connectivity index (χ1) is 10.9. The van der Waals surface area contributed by atoms with Crippen molar-refractivity contribution in [1.29, 1.82) is 0 Å². The second kappa shape index (κ2) is 7.64. The number of hydrogen-bond acceptors (Lipinski definition) is 4. The van der Waals surface area contributed by atoms with Crippen molar-refractivity contribution in [3.8, 4) is 0 Å². The van der Waals surface area contributed by atoms with E-state index in [2.05, 4.69) is 43.9 Å². The molecular weight excluding hydrogens is 290 g/mol. The van der Waals surface area contributed by atoms with Crippen LogP contribution < -0.4 is 4.90 Å². The molecule has 4 nitrogen and oxygen atoms in total. The number of esters is 1. The van der Waals surface area contributed by atoms with E-state index < -0.39 is 0 Å². The minimum Gasteiger partial charge on any atom is -0.463 e. The summed E-state index contributed by atoms with van der Waals surface area (Å²) in [4.78, 5) is 13.9.